The zero-order valence-electron chi connectivity index (χ0n) is 14.7. The summed E-state index contributed by atoms with van der Waals surface area (Å²) >= 11 is 0. The Morgan fingerprint density at radius 2 is 1.50 bits per heavy atom. The fraction of sp³-hybridized carbons (Fsp3) is 0.316. The predicted molar refractivity (Wildman–Crippen MR) is 96.0 cm³/mol. The first-order valence-corrected chi connectivity index (χ1v) is 9.76. The molecule has 0 N–H and O–H groups in total. The molecule has 1 heterocycles. The topological polar surface area (TPSA) is 71.1 Å². The Hall–Kier alpha value is -2.30. The van der Waals surface area contributed by atoms with Crippen LogP contribution in [0.4, 0.5) is 0 Å². The maximum atomic E-state index is 13.2. The van der Waals surface area contributed by atoms with Crippen molar-refractivity contribution in [1.82, 2.24) is 0 Å². The summed E-state index contributed by atoms with van der Waals surface area (Å²) in [7, 11) is -3.98. The zero-order chi connectivity index (χ0) is 18.6. The highest BCUT2D eigenvalue weighted by molar-refractivity contribution is 7.49. The highest BCUT2D eigenvalue weighted by atomic mass is 31.2. The van der Waals surface area contributed by atoms with Gasteiger partial charge in [-0.1, -0.05) is 50.2 Å². The third-order valence-corrected chi connectivity index (χ3v) is 5.38. The number of para-hydroxylation sites is 2. The van der Waals surface area contributed by atoms with E-state index in [1.165, 1.54) is 0 Å². The molecule has 1 aliphatic rings. The lowest BCUT2D eigenvalue weighted by molar-refractivity contribution is -0.143. The van der Waals surface area contributed by atoms with Crippen LogP contribution in [0.5, 0.6) is 11.5 Å². The van der Waals surface area contributed by atoms with E-state index in [9.17, 15) is 9.36 Å². The van der Waals surface area contributed by atoms with Gasteiger partial charge in [-0.05, 0) is 24.3 Å². The van der Waals surface area contributed by atoms with Crippen LogP contribution < -0.4 is 9.05 Å². The van der Waals surface area contributed by atoms with Crippen LogP contribution in [0.15, 0.2) is 60.7 Å². The average Bonchev–Trinajstić information content (AvgIpc) is 2.86. The number of cyclic esters (lactones) is 1. The normalized spacial score (nSPS) is 19.0. The van der Waals surface area contributed by atoms with E-state index in [-0.39, 0.29) is 19.0 Å². The molecule has 3 rings (SSSR count). The zero-order valence-corrected chi connectivity index (χ0v) is 15.6. The maximum Gasteiger partial charge on any atom is 0.587 e. The number of hydrogen-bond acceptors (Lipinski definition) is 6. The maximum absolute atomic E-state index is 13.2. The van der Waals surface area contributed by atoms with Crippen molar-refractivity contribution in [2.45, 2.75) is 26.4 Å². The number of phosphoric ester groups is 1. The summed E-state index contributed by atoms with van der Waals surface area (Å²) in [5.41, 5.74) is -0.415. The van der Waals surface area contributed by atoms with Crippen molar-refractivity contribution < 1.29 is 27.7 Å². The summed E-state index contributed by atoms with van der Waals surface area (Å²) in [4.78, 5) is 11.6. The summed E-state index contributed by atoms with van der Waals surface area (Å²) in [5.74, 6) is 0.412. The van der Waals surface area contributed by atoms with Crippen LogP contribution in [0.2, 0.25) is 0 Å². The number of hydrogen-bond donors (Lipinski definition) is 0. The van der Waals surface area contributed by atoms with E-state index in [1.807, 2.05) is 26.0 Å². The van der Waals surface area contributed by atoms with Gasteiger partial charge in [0.25, 0.3) is 0 Å². The Morgan fingerprint density at radius 3 is 1.92 bits per heavy atom. The smallest absolute Gasteiger partial charge is 0.459 e. The van der Waals surface area contributed by atoms with Gasteiger partial charge in [0.15, 0.2) is 0 Å². The molecule has 1 fully saturated rings. The fourth-order valence-electron chi connectivity index (χ4n) is 2.56. The minimum Gasteiger partial charge on any atom is -0.459 e. The first-order valence-electron chi connectivity index (χ1n) is 8.30. The molecular formula is C19H21O6P. The minimum atomic E-state index is -3.98. The molecular weight excluding hydrogens is 355 g/mol. The van der Waals surface area contributed by atoms with E-state index >= 15 is 0 Å². The van der Waals surface area contributed by atoms with Crippen molar-refractivity contribution in [3.63, 3.8) is 0 Å². The lowest BCUT2D eigenvalue weighted by Gasteiger charge is -2.25. The van der Waals surface area contributed by atoms with Crippen LogP contribution in [0.1, 0.15) is 20.3 Å². The second-order valence-electron chi connectivity index (χ2n) is 6.70. The molecule has 0 amide bonds. The van der Waals surface area contributed by atoms with Crippen LogP contribution in [0.25, 0.3) is 0 Å². The molecule has 0 saturated carbocycles. The Morgan fingerprint density at radius 1 is 1.00 bits per heavy atom. The van der Waals surface area contributed by atoms with Crippen LogP contribution >= 0.6 is 7.82 Å². The fourth-order valence-corrected chi connectivity index (χ4v) is 3.78. The summed E-state index contributed by atoms with van der Waals surface area (Å²) in [6.07, 6.45) is -0.244. The Bertz CT molecular complexity index is 745. The predicted octanol–water partition coefficient (Wildman–Crippen LogP) is 4.61. The SMILES string of the molecule is CC1(C)CC(=O)O[C@@H]1COP(=O)(Oc1ccccc1)Oc1ccccc1. The van der Waals surface area contributed by atoms with E-state index in [2.05, 4.69) is 0 Å². The molecule has 26 heavy (non-hydrogen) atoms. The van der Waals surface area contributed by atoms with Gasteiger partial charge in [-0.2, -0.15) is 0 Å². The van der Waals surface area contributed by atoms with Crippen LogP contribution in [-0.2, 0) is 18.6 Å². The first-order chi connectivity index (χ1) is 12.4. The third kappa shape index (κ3) is 4.65. The first kappa shape index (κ1) is 18.5. The lowest BCUT2D eigenvalue weighted by atomic mass is 9.86. The highest BCUT2D eigenvalue weighted by Crippen LogP contribution is 2.50. The molecule has 1 atom stereocenters. The largest absolute Gasteiger partial charge is 0.587 e. The molecule has 0 unspecified atom stereocenters. The van der Waals surface area contributed by atoms with Gasteiger partial charge in [-0.3, -0.25) is 9.32 Å². The molecule has 7 heteroatoms. The Kier molecular flexibility index (Phi) is 5.35. The van der Waals surface area contributed by atoms with Gasteiger partial charge < -0.3 is 13.8 Å². The number of rotatable bonds is 7. The average molecular weight is 376 g/mol. The van der Waals surface area contributed by atoms with Crippen molar-refractivity contribution in [3.05, 3.63) is 60.7 Å². The molecule has 2 aromatic carbocycles. The van der Waals surface area contributed by atoms with E-state index in [0.29, 0.717) is 11.5 Å². The second kappa shape index (κ2) is 7.52. The van der Waals surface area contributed by atoms with Crippen molar-refractivity contribution in [2.75, 3.05) is 6.61 Å². The molecule has 1 saturated heterocycles. The number of carbonyl (C=O) groups excluding carboxylic acids is 1. The molecule has 0 spiro atoms. The Labute approximate surface area is 152 Å². The van der Waals surface area contributed by atoms with Crippen molar-refractivity contribution in [2.24, 2.45) is 5.41 Å². The summed E-state index contributed by atoms with van der Waals surface area (Å²) in [6.45, 7) is 3.70. The quantitative estimate of drug-likeness (QED) is 0.519. The van der Waals surface area contributed by atoms with E-state index in [4.69, 9.17) is 18.3 Å². The molecule has 0 aromatic heterocycles. The van der Waals surface area contributed by atoms with Crippen molar-refractivity contribution in [1.29, 1.82) is 0 Å². The van der Waals surface area contributed by atoms with Gasteiger partial charge in [-0.25, -0.2) is 4.57 Å². The highest BCUT2D eigenvalue weighted by Gasteiger charge is 2.44. The van der Waals surface area contributed by atoms with E-state index < -0.39 is 19.3 Å². The molecule has 0 aliphatic carbocycles. The minimum absolute atomic E-state index is 0.0876. The lowest BCUT2D eigenvalue weighted by Crippen LogP contribution is -2.29. The second-order valence-corrected chi connectivity index (χ2v) is 8.21. The van der Waals surface area contributed by atoms with E-state index in [1.54, 1.807) is 48.5 Å². The van der Waals surface area contributed by atoms with Gasteiger partial charge in [0, 0.05) is 5.41 Å². The molecule has 138 valence electrons. The Balaban J connectivity index is 1.76. The molecule has 0 radical (unpaired) electrons. The number of benzene rings is 2. The monoisotopic (exact) mass is 376 g/mol. The number of esters is 1. The van der Waals surface area contributed by atoms with Crippen LogP contribution in [0, 0.1) is 5.41 Å². The molecule has 0 bridgehead atoms. The molecule has 6 nitrogen and oxygen atoms in total. The summed E-state index contributed by atoms with van der Waals surface area (Å²) in [5, 5.41) is 0. The van der Waals surface area contributed by atoms with Crippen LogP contribution in [-0.4, -0.2) is 18.7 Å². The van der Waals surface area contributed by atoms with Gasteiger partial charge in [0.1, 0.15) is 17.6 Å². The van der Waals surface area contributed by atoms with Gasteiger partial charge in [0.2, 0.25) is 0 Å². The van der Waals surface area contributed by atoms with E-state index in [0.717, 1.165) is 0 Å². The number of ether oxygens (including phenoxy) is 1. The standard InChI is InChI=1S/C19H21O6P/c1-19(2)13-18(20)23-17(19)14-22-26(21,24-15-9-5-3-6-10-15)25-16-11-7-4-8-12-16/h3-12,17H,13-14H2,1-2H3/t17-/m1/s1. The number of phosphoric acid groups is 1. The summed E-state index contributed by atoms with van der Waals surface area (Å²) < 4.78 is 35.1. The van der Waals surface area contributed by atoms with Crippen LogP contribution in [0.3, 0.4) is 0 Å². The molecule has 2 aromatic rings. The van der Waals surface area contributed by atoms with Gasteiger partial charge >= 0.3 is 13.8 Å². The summed E-state index contributed by atoms with van der Waals surface area (Å²) in [6, 6.07) is 17.3. The number of carbonyl (C=O) groups is 1. The third-order valence-electron chi connectivity index (χ3n) is 4.05. The van der Waals surface area contributed by atoms with Crippen molar-refractivity contribution in [3.8, 4) is 11.5 Å². The molecule has 1 aliphatic heterocycles. The van der Waals surface area contributed by atoms with Crippen molar-refractivity contribution >= 4 is 13.8 Å². The van der Waals surface area contributed by atoms with Gasteiger partial charge in [-0.15, -0.1) is 0 Å². The van der Waals surface area contributed by atoms with Gasteiger partial charge in [0.05, 0.1) is 13.0 Å².